The molecule has 0 bridgehead atoms. The molecule has 14 heavy (non-hydrogen) atoms. The lowest BCUT2D eigenvalue weighted by Gasteiger charge is -2.02. The van der Waals surface area contributed by atoms with Crippen LogP contribution in [0, 0.1) is 0 Å². The van der Waals surface area contributed by atoms with E-state index < -0.39 is 5.97 Å². The number of hydrogen-bond donors (Lipinski definition) is 1. The summed E-state index contributed by atoms with van der Waals surface area (Å²) in [5.74, 6) is -0.711. The molecule has 0 saturated heterocycles. The molecule has 0 atom stereocenters. The number of carboxylic acids is 1. The molecule has 0 aliphatic heterocycles. The van der Waals surface area contributed by atoms with Crippen molar-refractivity contribution in [1.29, 1.82) is 0 Å². The molecular weight excluding hydrogens is 244 g/mol. The van der Waals surface area contributed by atoms with Crippen LogP contribution in [0.1, 0.15) is 24.8 Å². The Balaban J connectivity index is 2.31. The molecule has 0 aliphatic rings. The lowest BCUT2D eigenvalue weighted by Crippen LogP contribution is -1.95. The highest BCUT2D eigenvalue weighted by Crippen LogP contribution is 2.18. The number of carboxylic acid groups (broad SMARTS) is 1. The van der Waals surface area contributed by atoms with Gasteiger partial charge in [-0.25, -0.2) is 0 Å². The van der Waals surface area contributed by atoms with Crippen LogP contribution < -0.4 is 0 Å². The van der Waals surface area contributed by atoms with Gasteiger partial charge in [0.1, 0.15) is 0 Å². The fraction of sp³-hybridized carbons (Fsp3) is 0.364. The number of unbranched alkanes of at least 4 members (excludes halogenated alkanes) is 1. The van der Waals surface area contributed by atoms with E-state index in [9.17, 15) is 4.79 Å². The van der Waals surface area contributed by atoms with Crippen molar-refractivity contribution in [1.82, 2.24) is 0 Å². The van der Waals surface area contributed by atoms with E-state index in [1.165, 1.54) is 5.56 Å². The molecule has 0 aromatic heterocycles. The van der Waals surface area contributed by atoms with Gasteiger partial charge >= 0.3 is 5.97 Å². The van der Waals surface area contributed by atoms with E-state index in [0.717, 1.165) is 23.7 Å². The number of aliphatic carboxylic acids is 1. The van der Waals surface area contributed by atoms with Crippen molar-refractivity contribution in [2.45, 2.75) is 25.7 Å². The summed E-state index contributed by atoms with van der Waals surface area (Å²) in [5.41, 5.74) is 1.25. The van der Waals surface area contributed by atoms with E-state index in [-0.39, 0.29) is 6.42 Å². The van der Waals surface area contributed by atoms with Crippen LogP contribution >= 0.6 is 15.9 Å². The van der Waals surface area contributed by atoms with Gasteiger partial charge in [0.2, 0.25) is 0 Å². The molecule has 0 heterocycles. The second-order valence-electron chi connectivity index (χ2n) is 3.19. The van der Waals surface area contributed by atoms with E-state index in [0.29, 0.717) is 0 Å². The Bertz CT molecular complexity index is 310. The van der Waals surface area contributed by atoms with Crippen molar-refractivity contribution in [2.75, 3.05) is 0 Å². The summed E-state index contributed by atoms with van der Waals surface area (Å²) in [7, 11) is 0. The molecule has 0 unspecified atom stereocenters. The minimum atomic E-state index is -0.711. The van der Waals surface area contributed by atoms with E-state index in [4.69, 9.17) is 5.11 Å². The zero-order chi connectivity index (χ0) is 10.4. The predicted octanol–water partition coefficient (Wildman–Crippen LogP) is 3.25. The van der Waals surface area contributed by atoms with Crippen LogP contribution in [0.2, 0.25) is 0 Å². The Kier molecular flexibility index (Phi) is 4.66. The minimum absolute atomic E-state index is 0.268. The zero-order valence-electron chi connectivity index (χ0n) is 7.87. The summed E-state index contributed by atoms with van der Waals surface area (Å²) in [6.45, 7) is 0. The lowest BCUT2D eigenvalue weighted by molar-refractivity contribution is -0.137. The topological polar surface area (TPSA) is 37.3 Å². The van der Waals surface area contributed by atoms with Crippen molar-refractivity contribution in [3.8, 4) is 0 Å². The molecule has 3 heteroatoms. The van der Waals surface area contributed by atoms with Crippen molar-refractivity contribution in [2.24, 2.45) is 0 Å². The van der Waals surface area contributed by atoms with Crippen molar-refractivity contribution >= 4 is 21.9 Å². The summed E-state index contributed by atoms with van der Waals surface area (Å²) in [4.78, 5) is 10.3. The number of halogens is 1. The fourth-order valence-electron chi connectivity index (χ4n) is 1.29. The first-order valence-corrected chi connectivity index (χ1v) is 5.44. The van der Waals surface area contributed by atoms with Crippen LogP contribution in [0.3, 0.4) is 0 Å². The Morgan fingerprint density at radius 2 is 2.00 bits per heavy atom. The fourth-order valence-corrected chi connectivity index (χ4v) is 1.78. The van der Waals surface area contributed by atoms with Crippen LogP contribution in [0.25, 0.3) is 0 Å². The first kappa shape index (κ1) is 11.2. The van der Waals surface area contributed by atoms with Gasteiger partial charge < -0.3 is 5.11 Å². The molecule has 76 valence electrons. The van der Waals surface area contributed by atoms with Crippen molar-refractivity contribution < 1.29 is 9.90 Å². The summed E-state index contributed by atoms with van der Waals surface area (Å²) in [6, 6.07) is 8.04. The second kappa shape index (κ2) is 5.81. The van der Waals surface area contributed by atoms with Gasteiger partial charge in [-0.3, -0.25) is 4.79 Å². The normalized spacial score (nSPS) is 10.1. The molecule has 1 aromatic carbocycles. The molecule has 0 radical (unpaired) electrons. The van der Waals surface area contributed by atoms with Gasteiger partial charge in [0.05, 0.1) is 0 Å². The van der Waals surface area contributed by atoms with Crippen LogP contribution in [-0.2, 0) is 11.2 Å². The van der Waals surface area contributed by atoms with Gasteiger partial charge in [0.25, 0.3) is 0 Å². The van der Waals surface area contributed by atoms with Crippen molar-refractivity contribution in [3.63, 3.8) is 0 Å². The zero-order valence-corrected chi connectivity index (χ0v) is 9.46. The third kappa shape index (κ3) is 3.92. The maximum Gasteiger partial charge on any atom is 0.303 e. The number of rotatable bonds is 5. The molecule has 1 rings (SSSR count). The Hall–Kier alpha value is -0.830. The minimum Gasteiger partial charge on any atom is -0.481 e. The third-order valence-electron chi connectivity index (χ3n) is 2.04. The first-order valence-electron chi connectivity index (χ1n) is 4.65. The van der Waals surface area contributed by atoms with Crippen LogP contribution in [0.15, 0.2) is 28.7 Å². The SMILES string of the molecule is O=C(O)CCCCc1ccccc1Br. The first-order chi connectivity index (χ1) is 6.70. The smallest absolute Gasteiger partial charge is 0.303 e. The molecule has 0 amide bonds. The molecule has 0 aliphatic carbocycles. The highest BCUT2D eigenvalue weighted by atomic mass is 79.9. The molecular formula is C11H13BrO2. The number of aryl methyl sites for hydroxylation is 1. The van der Waals surface area contributed by atoms with E-state index in [2.05, 4.69) is 22.0 Å². The molecule has 0 saturated carbocycles. The number of benzene rings is 1. The van der Waals surface area contributed by atoms with Gasteiger partial charge in [0.15, 0.2) is 0 Å². The van der Waals surface area contributed by atoms with Gasteiger partial charge in [-0.15, -0.1) is 0 Å². The van der Waals surface area contributed by atoms with Crippen molar-refractivity contribution in [3.05, 3.63) is 34.3 Å². The van der Waals surface area contributed by atoms with Gasteiger partial charge in [-0.1, -0.05) is 34.1 Å². The Morgan fingerprint density at radius 1 is 1.29 bits per heavy atom. The quantitative estimate of drug-likeness (QED) is 0.822. The highest BCUT2D eigenvalue weighted by molar-refractivity contribution is 9.10. The maximum atomic E-state index is 10.3. The largest absolute Gasteiger partial charge is 0.481 e. The summed E-state index contributed by atoms with van der Waals surface area (Å²) in [5, 5.41) is 8.46. The van der Waals surface area contributed by atoms with Gasteiger partial charge in [-0.05, 0) is 30.9 Å². The standard InChI is InChI=1S/C11H13BrO2/c12-10-7-3-1-5-9(10)6-2-4-8-11(13)14/h1,3,5,7H,2,4,6,8H2,(H,13,14). The molecule has 1 N–H and O–H groups in total. The lowest BCUT2D eigenvalue weighted by atomic mass is 10.1. The summed E-state index contributed by atoms with van der Waals surface area (Å²) >= 11 is 3.46. The number of carbonyl (C=O) groups is 1. The van der Waals surface area contributed by atoms with Gasteiger partial charge in [-0.2, -0.15) is 0 Å². The highest BCUT2D eigenvalue weighted by Gasteiger charge is 2.00. The molecule has 0 spiro atoms. The Labute approximate surface area is 92.1 Å². The average molecular weight is 257 g/mol. The molecule has 0 fully saturated rings. The third-order valence-corrected chi connectivity index (χ3v) is 2.82. The van der Waals surface area contributed by atoms with E-state index in [1.807, 2.05) is 18.2 Å². The van der Waals surface area contributed by atoms with Crippen LogP contribution in [0.4, 0.5) is 0 Å². The summed E-state index contributed by atoms with van der Waals surface area (Å²) < 4.78 is 1.11. The molecule has 2 nitrogen and oxygen atoms in total. The average Bonchev–Trinajstić information content (AvgIpc) is 2.15. The Morgan fingerprint density at radius 3 is 2.64 bits per heavy atom. The monoisotopic (exact) mass is 256 g/mol. The predicted molar refractivity (Wildman–Crippen MR) is 59.3 cm³/mol. The molecule has 1 aromatic rings. The van der Waals surface area contributed by atoms with E-state index in [1.54, 1.807) is 0 Å². The number of hydrogen-bond acceptors (Lipinski definition) is 1. The van der Waals surface area contributed by atoms with Gasteiger partial charge in [0, 0.05) is 10.9 Å². The summed E-state index contributed by atoms with van der Waals surface area (Å²) in [6.07, 6.45) is 2.88. The maximum absolute atomic E-state index is 10.3. The van der Waals surface area contributed by atoms with Crippen LogP contribution in [-0.4, -0.2) is 11.1 Å². The van der Waals surface area contributed by atoms with E-state index >= 15 is 0 Å². The van der Waals surface area contributed by atoms with Crippen LogP contribution in [0.5, 0.6) is 0 Å². The second-order valence-corrected chi connectivity index (χ2v) is 4.05.